The van der Waals surface area contributed by atoms with Crippen molar-refractivity contribution in [1.82, 2.24) is 0 Å². The summed E-state index contributed by atoms with van der Waals surface area (Å²) in [5.74, 6) is 1.29. The van der Waals surface area contributed by atoms with Gasteiger partial charge in [0.2, 0.25) is 0 Å². The summed E-state index contributed by atoms with van der Waals surface area (Å²) < 4.78 is 15.9. The van der Waals surface area contributed by atoms with Gasteiger partial charge in [-0.1, -0.05) is 20.8 Å². The minimum Gasteiger partial charge on any atom is -0.497 e. The zero-order valence-corrected chi connectivity index (χ0v) is 24.2. The lowest BCUT2D eigenvalue weighted by atomic mass is 9.72. The largest absolute Gasteiger partial charge is 0.497 e. The summed E-state index contributed by atoms with van der Waals surface area (Å²) in [6.45, 7) is 8.90. The van der Waals surface area contributed by atoms with Crippen LogP contribution in [0.2, 0.25) is 0 Å². The van der Waals surface area contributed by atoms with Crippen LogP contribution in [0.4, 0.5) is 10.7 Å². The first-order chi connectivity index (χ1) is 18.6. The number of amides is 1. The van der Waals surface area contributed by atoms with Gasteiger partial charge in [-0.2, -0.15) is 0 Å². The SMILES string of the molecule is CCOC(=O)c1ccc(NC(=O)c2c(/N=C/c3cc(OC)ccc3OC)sc3c2CCC(C(C)(C)C)C3)cc1. The Kier molecular flexibility index (Phi) is 8.75. The number of ether oxygens (including phenoxy) is 3. The number of nitrogens with one attached hydrogen (secondary N) is 1. The molecule has 2 aromatic carbocycles. The lowest BCUT2D eigenvalue weighted by Gasteiger charge is -2.33. The van der Waals surface area contributed by atoms with Crippen molar-refractivity contribution in [2.75, 3.05) is 26.1 Å². The van der Waals surface area contributed by atoms with E-state index in [9.17, 15) is 9.59 Å². The predicted molar refractivity (Wildman–Crippen MR) is 156 cm³/mol. The molecule has 0 fully saturated rings. The molecule has 7 nitrogen and oxygen atoms in total. The summed E-state index contributed by atoms with van der Waals surface area (Å²) >= 11 is 1.58. The van der Waals surface area contributed by atoms with E-state index in [4.69, 9.17) is 19.2 Å². The molecule has 1 aliphatic rings. The number of benzene rings is 2. The van der Waals surface area contributed by atoms with Crippen LogP contribution in [-0.2, 0) is 17.6 Å². The first-order valence-corrected chi connectivity index (χ1v) is 13.9. The van der Waals surface area contributed by atoms with Crippen molar-refractivity contribution in [3.8, 4) is 11.5 Å². The molecule has 0 aliphatic heterocycles. The van der Waals surface area contributed by atoms with Crippen molar-refractivity contribution >= 4 is 40.1 Å². The number of hydrogen-bond acceptors (Lipinski definition) is 7. The van der Waals surface area contributed by atoms with Crippen LogP contribution in [0.1, 0.15) is 70.8 Å². The van der Waals surface area contributed by atoms with Gasteiger partial charge in [0.15, 0.2) is 0 Å². The minimum atomic E-state index is -0.389. The second-order valence-electron chi connectivity index (χ2n) is 10.6. The molecule has 1 unspecified atom stereocenters. The van der Waals surface area contributed by atoms with E-state index in [1.54, 1.807) is 63.0 Å². The fourth-order valence-electron chi connectivity index (χ4n) is 4.80. The van der Waals surface area contributed by atoms with Gasteiger partial charge in [0, 0.05) is 22.3 Å². The molecule has 8 heteroatoms. The maximum atomic E-state index is 13.7. The zero-order valence-electron chi connectivity index (χ0n) is 23.4. The van der Waals surface area contributed by atoms with Crippen molar-refractivity contribution < 1.29 is 23.8 Å². The highest BCUT2D eigenvalue weighted by molar-refractivity contribution is 7.16. The number of esters is 1. The van der Waals surface area contributed by atoms with Gasteiger partial charge < -0.3 is 19.5 Å². The minimum absolute atomic E-state index is 0.183. The van der Waals surface area contributed by atoms with E-state index in [0.717, 1.165) is 30.4 Å². The standard InChI is InChI=1S/C31H36N2O5S/c1-7-38-30(35)19-8-11-22(12-9-19)33-28(34)27-24-14-10-21(31(2,3)4)17-26(24)39-29(27)32-18-20-16-23(36-5)13-15-25(20)37-6/h8-9,11-13,15-16,18,21H,7,10,14,17H2,1-6H3,(H,33,34)/b32-18+. The van der Waals surface area contributed by atoms with Gasteiger partial charge in [0.05, 0.1) is 32.0 Å². The fourth-order valence-corrected chi connectivity index (χ4v) is 6.07. The number of rotatable bonds is 8. The average Bonchev–Trinajstić information content (AvgIpc) is 3.29. The Morgan fingerprint density at radius 3 is 2.49 bits per heavy atom. The van der Waals surface area contributed by atoms with Gasteiger partial charge in [0.25, 0.3) is 5.91 Å². The maximum absolute atomic E-state index is 13.7. The van der Waals surface area contributed by atoms with Gasteiger partial charge in [-0.05, 0) is 85.5 Å². The molecule has 3 aromatic rings. The maximum Gasteiger partial charge on any atom is 0.338 e. The molecular formula is C31H36N2O5S. The third-order valence-electron chi connectivity index (χ3n) is 7.11. The van der Waals surface area contributed by atoms with Crippen molar-refractivity contribution in [3.05, 3.63) is 69.6 Å². The summed E-state index contributed by atoms with van der Waals surface area (Å²) in [5, 5.41) is 3.68. The highest BCUT2D eigenvalue weighted by Crippen LogP contribution is 2.45. The van der Waals surface area contributed by atoms with Crippen molar-refractivity contribution in [1.29, 1.82) is 0 Å². The Morgan fingerprint density at radius 1 is 1.10 bits per heavy atom. The predicted octanol–water partition coefficient (Wildman–Crippen LogP) is 7.10. The third kappa shape index (κ3) is 6.50. The quantitative estimate of drug-likeness (QED) is 0.240. The van der Waals surface area contributed by atoms with E-state index in [2.05, 4.69) is 26.1 Å². The molecule has 39 heavy (non-hydrogen) atoms. The van der Waals surface area contributed by atoms with E-state index in [1.165, 1.54) is 4.88 Å². The van der Waals surface area contributed by atoms with E-state index in [0.29, 0.717) is 45.8 Å². The van der Waals surface area contributed by atoms with Crippen LogP contribution in [0, 0.1) is 11.3 Å². The number of hydrogen-bond donors (Lipinski definition) is 1. The Morgan fingerprint density at radius 2 is 1.85 bits per heavy atom. The van der Waals surface area contributed by atoms with E-state index in [1.807, 2.05) is 18.2 Å². The second-order valence-corrected chi connectivity index (χ2v) is 11.7. The molecule has 0 spiro atoms. The molecule has 4 rings (SSSR count). The van der Waals surface area contributed by atoms with Crippen LogP contribution in [0.3, 0.4) is 0 Å². The molecule has 0 saturated heterocycles. The first kappa shape index (κ1) is 28.4. The summed E-state index contributed by atoms with van der Waals surface area (Å²) in [4.78, 5) is 31.7. The van der Waals surface area contributed by atoms with Gasteiger partial charge in [-0.25, -0.2) is 9.79 Å². The topological polar surface area (TPSA) is 86.2 Å². The summed E-state index contributed by atoms with van der Waals surface area (Å²) in [5.41, 5.74) is 3.66. The summed E-state index contributed by atoms with van der Waals surface area (Å²) in [7, 11) is 3.23. The van der Waals surface area contributed by atoms with Crippen LogP contribution < -0.4 is 14.8 Å². The van der Waals surface area contributed by atoms with Crippen LogP contribution >= 0.6 is 11.3 Å². The number of aliphatic imine (C=N–C) groups is 1. The Balaban J connectivity index is 1.68. The Hall–Kier alpha value is -3.65. The van der Waals surface area contributed by atoms with Crippen LogP contribution in [-0.4, -0.2) is 38.9 Å². The van der Waals surface area contributed by atoms with Crippen LogP contribution in [0.25, 0.3) is 0 Å². The molecule has 1 atom stereocenters. The van der Waals surface area contributed by atoms with Gasteiger partial charge in [-0.15, -0.1) is 11.3 Å². The molecular weight excluding hydrogens is 512 g/mol. The fraction of sp³-hybridized carbons (Fsp3) is 0.387. The summed E-state index contributed by atoms with van der Waals surface area (Å²) in [6, 6.07) is 12.2. The molecule has 1 aromatic heterocycles. The monoisotopic (exact) mass is 548 g/mol. The van der Waals surface area contributed by atoms with Gasteiger partial charge in [0.1, 0.15) is 16.5 Å². The number of anilines is 1. The number of methoxy groups -OCH3 is 2. The average molecular weight is 549 g/mol. The Labute approximate surface area is 234 Å². The number of thiophene rings is 1. The molecule has 0 bridgehead atoms. The van der Waals surface area contributed by atoms with Crippen molar-refractivity contribution in [2.24, 2.45) is 16.3 Å². The van der Waals surface area contributed by atoms with Gasteiger partial charge in [-0.3, -0.25) is 4.79 Å². The van der Waals surface area contributed by atoms with Gasteiger partial charge >= 0.3 is 5.97 Å². The highest BCUT2D eigenvalue weighted by atomic mass is 32.1. The van der Waals surface area contributed by atoms with E-state index in [-0.39, 0.29) is 17.3 Å². The second kappa shape index (κ2) is 12.0. The molecule has 1 heterocycles. The zero-order chi connectivity index (χ0) is 28.2. The molecule has 1 N–H and O–H groups in total. The lowest BCUT2D eigenvalue weighted by molar-refractivity contribution is 0.0526. The molecule has 1 amide bonds. The first-order valence-electron chi connectivity index (χ1n) is 13.1. The summed E-state index contributed by atoms with van der Waals surface area (Å²) in [6.07, 6.45) is 4.51. The van der Waals surface area contributed by atoms with E-state index < -0.39 is 0 Å². The number of carbonyl (C=O) groups excluding carboxylic acids is 2. The Bertz CT molecular complexity index is 1370. The van der Waals surface area contributed by atoms with Crippen LogP contribution in [0.15, 0.2) is 47.5 Å². The highest BCUT2D eigenvalue weighted by Gasteiger charge is 2.33. The molecule has 0 radical (unpaired) electrons. The number of carbonyl (C=O) groups is 2. The number of nitrogens with zero attached hydrogens (tertiary/aromatic N) is 1. The third-order valence-corrected chi connectivity index (χ3v) is 8.27. The number of fused-ring (bicyclic) bond motifs is 1. The smallest absolute Gasteiger partial charge is 0.338 e. The molecule has 206 valence electrons. The van der Waals surface area contributed by atoms with Crippen molar-refractivity contribution in [2.45, 2.75) is 47.0 Å². The normalized spacial score (nSPS) is 15.1. The van der Waals surface area contributed by atoms with E-state index >= 15 is 0 Å². The molecule has 1 aliphatic carbocycles. The van der Waals surface area contributed by atoms with Crippen molar-refractivity contribution in [3.63, 3.8) is 0 Å². The van der Waals surface area contributed by atoms with Crippen LogP contribution in [0.5, 0.6) is 11.5 Å². The lowest BCUT2D eigenvalue weighted by Crippen LogP contribution is -2.27. The molecule has 0 saturated carbocycles.